The zero-order chi connectivity index (χ0) is 54.7. The topological polar surface area (TPSA) is 126 Å². The Hall–Kier alpha value is -9.44. The van der Waals surface area contributed by atoms with Crippen LogP contribution in [0.3, 0.4) is 0 Å². The summed E-state index contributed by atoms with van der Waals surface area (Å²) in [7, 11) is 1.95. The van der Waals surface area contributed by atoms with E-state index in [1.807, 2.05) is 149 Å². The molecule has 0 amide bonds. The summed E-state index contributed by atoms with van der Waals surface area (Å²) in [5, 5.41) is 11.7. The third kappa shape index (κ3) is 11.5. The highest BCUT2D eigenvalue weighted by atomic mass is 19.4. The van der Waals surface area contributed by atoms with Crippen molar-refractivity contribution in [3.63, 3.8) is 0 Å². The van der Waals surface area contributed by atoms with Crippen LogP contribution in [-0.2, 0) is 7.05 Å². The minimum atomic E-state index is -4.69. The first-order valence-electron chi connectivity index (χ1n) is 25.4. The van der Waals surface area contributed by atoms with Crippen molar-refractivity contribution in [2.45, 2.75) is 67.0 Å². The number of aromatic amines is 1. The van der Waals surface area contributed by atoms with Gasteiger partial charge < -0.3 is 14.2 Å². The number of benzene rings is 4. The van der Waals surface area contributed by atoms with Crippen molar-refractivity contribution in [1.29, 1.82) is 0 Å². The molecule has 0 saturated carbocycles. The van der Waals surface area contributed by atoms with E-state index in [0.29, 0.717) is 0 Å². The molecule has 0 spiro atoms. The van der Waals surface area contributed by atoms with Crippen molar-refractivity contribution in [2.24, 2.45) is 7.05 Å². The summed E-state index contributed by atoms with van der Waals surface area (Å²) in [6.45, 7) is 14.2. The first-order chi connectivity index (χ1) is 37.5. The molecule has 0 saturated heterocycles. The van der Waals surface area contributed by atoms with E-state index >= 15 is 0 Å². The molecule has 13 nitrogen and oxygen atoms in total. The molecule has 12 aromatic rings. The minimum Gasteiger partial charge on any atom is -0.491 e. The number of aryl methyl sites for hydroxylation is 3. The molecule has 78 heavy (non-hydrogen) atoms. The van der Waals surface area contributed by atoms with E-state index in [9.17, 15) is 13.2 Å². The second kappa shape index (κ2) is 22.0. The van der Waals surface area contributed by atoms with E-state index in [-0.39, 0.29) is 18.0 Å². The van der Waals surface area contributed by atoms with Crippen molar-refractivity contribution in [3.05, 3.63) is 200 Å². The van der Waals surface area contributed by atoms with Crippen LogP contribution in [0.2, 0.25) is 0 Å². The lowest BCUT2D eigenvalue weighted by molar-refractivity contribution is -0.274. The van der Waals surface area contributed by atoms with Gasteiger partial charge in [-0.3, -0.25) is 23.0 Å². The van der Waals surface area contributed by atoms with Crippen molar-refractivity contribution in [2.75, 3.05) is 0 Å². The molecule has 8 heterocycles. The van der Waals surface area contributed by atoms with E-state index in [4.69, 9.17) is 9.47 Å². The number of alkyl halides is 3. The van der Waals surface area contributed by atoms with Gasteiger partial charge in [0.05, 0.1) is 59.8 Å². The fourth-order valence-electron chi connectivity index (χ4n) is 9.21. The SMILES string of the molecule is Cc1c(-c2cnc3cc(-c4ccc(OC(C)C)cc4)ccn23)cnn1C.Cc1n[nH]c(C)c1-c1cnc2cc(-c3ccc(OC(C)C)cc3)ccn12.FC(F)(F)Oc1ccc(-c2ccn3c(-c4ccccc4)cnc3c2)cc1. The van der Waals surface area contributed by atoms with Gasteiger partial charge >= 0.3 is 6.36 Å². The average Bonchev–Trinajstić information content (AvgIpc) is 4.39. The number of ether oxygens (including phenoxy) is 3. The van der Waals surface area contributed by atoms with Crippen molar-refractivity contribution in [1.82, 2.24) is 48.1 Å². The van der Waals surface area contributed by atoms with E-state index in [1.165, 1.54) is 12.1 Å². The van der Waals surface area contributed by atoms with Gasteiger partial charge in [0, 0.05) is 53.7 Å². The van der Waals surface area contributed by atoms with E-state index in [2.05, 4.69) is 112 Å². The molecule has 0 bridgehead atoms. The van der Waals surface area contributed by atoms with Gasteiger partial charge in [-0.1, -0.05) is 66.7 Å². The molecule has 0 atom stereocenters. The molecule has 0 aliphatic rings. The summed E-state index contributed by atoms with van der Waals surface area (Å²) < 4.78 is 60.1. The second-order valence-corrected chi connectivity index (χ2v) is 19.3. The number of nitrogens with one attached hydrogen (secondary N) is 1. The molecule has 4 aromatic carbocycles. The minimum absolute atomic E-state index is 0.176. The Labute approximate surface area is 449 Å². The number of pyridine rings is 3. The van der Waals surface area contributed by atoms with Gasteiger partial charge in [-0.05, 0) is 155 Å². The van der Waals surface area contributed by atoms with Gasteiger partial charge in [-0.15, -0.1) is 13.2 Å². The molecular formula is C62H57F3N10O3. The van der Waals surface area contributed by atoms with Crippen LogP contribution in [0.15, 0.2) is 183 Å². The zero-order valence-electron chi connectivity index (χ0n) is 44.4. The summed E-state index contributed by atoms with van der Waals surface area (Å²) in [4.78, 5) is 13.6. The van der Waals surface area contributed by atoms with Crippen LogP contribution >= 0.6 is 0 Å². The van der Waals surface area contributed by atoms with Crippen LogP contribution in [-0.4, -0.2) is 66.7 Å². The Balaban J connectivity index is 0.000000132. The maximum absolute atomic E-state index is 12.2. The van der Waals surface area contributed by atoms with Gasteiger partial charge in [0.25, 0.3) is 0 Å². The van der Waals surface area contributed by atoms with Gasteiger partial charge in [-0.25, -0.2) is 15.0 Å². The number of aromatic nitrogens is 10. The van der Waals surface area contributed by atoms with Gasteiger partial charge in [-0.2, -0.15) is 10.2 Å². The predicted molar refractivity (Wildman–Crippen MR) is 300 cm³/mol. The Morgan fingerprint density at radius 1 is 0.487 bits per heavy atom. The van der Waals surface area contributed by atoms with Gasteiger partial charge in [0.2, 0.25) is 0 Å². The summed E-state index contributed by atoms with van der Waals surface area (Å²) in [6.07, 6.45) is 9.20. The van der Waals surface area contributed by atoms with Crippen LogP contribution in [0, 0.1) is 20.8 Å². The molecule has 0 aliphatic heterocycles. The molecule has 1 N–H and O–H groups in total. The average molecular weight is 1050 g/mol. The van der Waals surface area contributed by atoms with Crippen molar-refractivity contribution in [3.8, 4) is 84.4 Å². The Bertz CT molecular complexity index is 3960. The van der Waals surface area contributed by atoms with Crippen molar-refractivity contribution >= 4 is 16.9 Å². The summed E-state index contributed by atoms with van der Waals surface area (Å²) in [5.74, 6) is 1.54. The summed E-state index contributed by atoms with van der Waals surface area (Å²) >= 11 is 0. The summed E-state index contributed by atoms with van der Waals surface area (Å²) in [5.41, 5.74) is 18.3. The molecule has 0 unspecified atom stereocenters. The highest BCUT2D eigenvalue weighted by Crippen LogP contribution is 2.32. The number of nitrogens with zero attached hydrogens (tertiary/aromatic N) is 9. The number of fused-ring (bicyclic) bond motifs is 3. The summed E-state index contributed by atoms with van der Waals surface area (Å²) in [6, 6.07) is 44.3. The number of imidazole rings is 3. The van der Waals surface area contributed by atoms with Crippen LogP contribution in [0.4, 0.5) is 13.2 Å². The highest BCUT2D eigenvalue weighted by molar-refractivity contribution is 5.75. The molecule has 8 aromatic heterocycles. The second-order valence-electron chi connectivity index (χ2n) is 19.3. The van der Waals surface area contributed by atoms with E-state index in [1.54, 1.807) is 18.3 Å². The van der Waals surface area contributed by atoms with Gasteiger partial charge in [0.1, 0.15) is 34.2 Å². The fourth-order valence-corrected chi connectivity index (χ4v) is 9.21. The van der Waals surface area contributed by atoms with E-state index < -0.39 is 6.36 Å². The number of rotatable bonds is 11. The molecular weight excluding hydrogens is 990 g/mol. The highest BCUT2D eigenvalue weighted by Gasteiger charge is 2.31. The third-order valence-corrected chi connectivity index (χ3v) is 13.0. The number of hydrogen-bond donors (Lipinski definition) is 1. The maximum Gasteiger partial charge on any atom is 0.573 e. The van der Waals surface area contributed by atoms with Crippen LogP contribution in [0.5, 0.6) is 17.2 Å². The Morgan fingerprint density at radius 3 is 1.35 bits per heavy atom. The van der Waals surface area contributed by atoms with E-state index in [0.717, 1.165) is 113 Å². The molecule has 394 valence electrons. The largest absolute Gasteiger partial charge is 0.573 e. The van der Waals surface area contributed by atoms with Crippen LogP contribution < -0.4 is 14.2 Å². The van der Waals surface area contributed by atoms with Crippen molar-refractivity contribution < 1.29 is 27.4 Å². The first kappa shape index (κ1) is 52.0. The molecule has 0 aliphatic carbocycles. The lowest BCUT2D eigenvalue weighted by atomic mass is 10.1. The predicted octanol–water partition coefficient (Wildman–Crippen LogP) is 14.9. The molecule has 0 fully saturated rings. The molecule has 12 rings (SSSR count). The van der Waals surface area contributed by atoms with Crippen LogP contribution in [0.25, 0.3) is 84.1 Å². The van der Waals surface area contributed by atoms with Crippen LogP contribution in [0.1, 0.15) is 44.8 Å². The van der Waals surface area contributed by atoms with Gasteiger partial charge in [0.15, 0.2) is 0 Å². The number of hydrogen-bond acceptors (Lipinski definition) is 8. The Kier molecular flexibility index (Phi) is 14.7. The lowest BCUT2D eigenvalue weighted by Gasteiger charge is -2.10. The fraction of sp³-hybridized carbons (Fsp3) is 0.177. The molecule has 0 radical (unpaired) electrons. The Morgan fingerprint density at radius 2 is 0.923 bits per heavy atom. The normalized spacial score (nSPS) is 11.5. The quantitative estimate of drug-likeness (QED) is 0.136. The number of H-pyrrole nitrogens is 1. The zero-order valence-corrected chi connectivity index (χ0v) is 44.4. The lowest BCUT2D eigenvalue weighted by Crippen LogP contribution is -2.16. The first-order valence-corrected chi connectivity index (χ1v) is 25.4. The third-order valence-electron chi connectivity index (χ3n) is 13.0. The maximum atomic E-state index is 12.2. The monoisotopic (exact) mass is 1050 g/mol. The number of halogens is 3. The standard InChI is InChI=1S/2C21H22N4O.C20H13F3N2O/c1-14(2)26-18-7-5-16(6-8-18)17-9-10-25-20(13-22-21(25)11-17)19-12-23-24(4)15(19)3;1-13(2)26-18-7-5-16(6-8-18)17-9-10-25-19(12-22-20(25)11-17)21-14(3)23-24-15(21)4;21-20(22,23)26-17-8-6-14(7-9-17)16-10-11-25-18(13-24-19(25)12-16)15-4-2-1-3-5-15/h5-14H,1-4H3;5-13H,1-4H3,(H,23,24);1-13H. The smallest absolute Gasteiger partial charge is 0.491 e. The molecule has 16 heteroatoms.